The fourth-order valence-corrected chi connectivity index (χ4v) is 4.64. The molecule has 0 aromatic heterocycles. The molecule has 0 aliphatic heterocycles. The van der Waals surface area contributed by atoms with Crippen LogP contribution < -0.4 is 10.0 Å². The highest BCUT2D eigenvalue weighted by Crippen LogP contribution is 2.29. The first-order valence-corrected chi connectivity index (χ1v) is 13.1. The van der Waals surface area contributed by atoms with Crippen molar-refractivity contribution in [1.82, 2.24) is 5.32 Å². The van der Waals surface area contributed by atoms with Gasteiger partial charge in [0, 0.05) is 22.4 Å². The van der Waals surface area contributed by atoms with Gasteiger partial charge in [0.1, 0.15) is 5.75 Å². The zero-order valence-corrected chi connectivity index (χ0v) is 19.8. The highest BCUT2D eigenvalue weighted by Gasteiger charge is 2.15. The average Bonchev–Trinajstić information content (AvgIpc) is 2.79. The van der Waals surface area contributed by atoms with Gasteiger partial charge in [-0.15, -0.1) is 0 Å². The van der Waals surface area contributed by atoms with E-state index in [1.165, 1.54) is 23.1 Å². The lowest BCUT2D eigenvalue weighted by molar-refractivity contribution is 0.158. The predicted molar refractivity (Wildman–Crippen MR) is 131 cm³/mol. The van der Waals surface area contributed by atoms with Gasteiger partial charge >= 0.3 is 0 Å². The lowest BCUT2D eigenvalue weighted by atomic mass is 10.0. The molecule has 176 valence electrons. The molecule has 0 aliphatic rings. The summed E-state index contributed by atoms with van der Waals surface area (Å²) in [5.41, 5.74) is 1.49. The van der Waals surface area contributed by atoms with Gasteiger partial charge in [-0.05, 0) is 53.9 Å². The quantitative estimate of drug-likeness (QED) is 0.263. The second-order valence-electron chi connectivity index (χ2n) is 7.72. The van der Waals surface area contributed by atoms with Gasteiger partial charge in [0.05, 0.1) is 24.7 Å². The van der Waals surface area contributed by atoms with Crippen LogP contribution in [0, 0.1) is 0 Å². The summed E-state index contributed by atoms with van der Waals surface area (Å²) in [4.78, 5) is 2.29. The van der Waals surface area contributed by atoms with Crippen molar-refractivity contribution in [3.63, 3.8) is 0 Å². The molecule has 0 aliphatic carbocycles. The minimum absolute atomic E-state index is 0.00113. The smallest absolute Gasteiger partial charge is 0.229 e. The molecule has 3 rings (SSSR count). The molecule has 33 heavy (non-hydrogen) atoms. The van der Waals surface area contributed by atoms with E-state index in [4.69, 9.17) is 0 Å². The van der Waals surface area contributed by atoms with Crippen molar-refractivity contribution in [2.75, 3.05) is 24.1 Å². The first-order chi connectivity index (χ1) is 15.7. The number of aliphatic hydroxyl groups excluding tert-OH is 2. The summed E-state index contributed by atoms with van der Waals surface area (Å²) in [7, 11) is -3.57. The minimum atomic E-state index is -3.57. The average molecular weight is 489 g/mol. The predicted octanol–water partition coefficient (Wildman–Crippen LogP) is 3.14. The Morgan fingerprint density at radius 2 is 1.64 bits per heavy atom. The van der Waals surface area contributed by atoms with Crippen molar-refractivity contribution in [2.45, 2.75) is 28.4 Å². The topological polar surface area (TPSA) is 119 Å². The van der Waals surface area contributed by atoms with Gasteiger partial charge in [-0.1, -0.05) is 48.2 Å². The van der Waals surface area contributed by atoms with E-state index in [9.17, 15) is 23.7 Å². The number of aliphatic hydroxyl groups is 2. The van der Waals surface area contributed by atoms with E-state index < -0.39 is 16.1 Å². The Hall–Kier alpha value is -2.56. The van der Waals surface area contributed by atoms with Crippen LogP contribution in [0.2, 0.25) is 0 Å². The van der Waals surface area contributed by atoms with Gasteiger partial charge < -0.3 is 20.6 Å². The van der Waals surface area contributed by atoms with Crippen molar-refractivity contribution in [3.8, 4) is 5.75 Å². The summed E-state index contributed by atoms with van der Waals surface area (Å²) >= 11 is 1.68. The Bertz CT molecular complexity index is 1140. The molecule has 1 unspecified atom stereocenters. The summed E-state index contributed by atoms with van der Waals surface area (Å²) in [6.45, 7) is 0.0416. The number of hydrogen-bond acceptors (Lipinski definition) is 7. The summed E-state index contributed by atoms with van der Waals surface area (Å²) in [5.74, 6) is -0.230. The van der Waals surface area contributed by atoms with Crippen LogP contribution >= 0.6 is 11.8 Å². The Balaban J connectivity index is 1.56. The molecule has 0 heterocycles. The van der Waals surface area contributed by atoms with Gasteiger partial charge in [0.25, 0.3) is 0 Å². The zero-order chi connectivity index (χ0) is 23.8. The maximum atomic E-state index is 11.4. The van der Waals surface area contributed by atoms with E-state index >= 15 is 0 Å². The van der Waals surface area contributed by atoms with Crippen LogP contribution in [0.15, 0.2) is 82.6 Å². The van der Waals surface area contributed by atoms with Crippen LogP contribution in [0.3, 0.4) is 0 Å². The molecule has 0 radical (unpaired) electrons. The molecule has 0 saturated carbocycles. The molecule has 0 amide bonds. The van der Waals surface area contributed by atoms with Crippen LogP contribution in [0.4, 0.5) is 5.69 Å². The largest absolute Gasteiger partial charge is 0.506 e. The number of sulfonamides is 1. The number of benzene rings is 3. The Morgan fingerprint density at radius 1 is 0.970 bits per heavy atom. The highest BCUT2D eigenvalue weighted by atomic mass is 32.2. The Labute approximate surface area is 198 Å². The molecule has 0 bridgehead atoms. The number of nitrogens with one attached hydrogen (secondary N) is 2. The van der Waals surface area contributed by atoms with Crippen LogP contribution in [0.25, 0.3) is 0 Å². The third-order valence-corrected chi connectivity index (χ3v) is 6.51. The van der Waals surface area contributed by atoms with E-state index in [1.54, 1.807) is 11.8 Å². The SMILES string of the molecule is CS(=O)(=O)Nc1cc(C(O)CN[C@H](CO)Cc2ccc(Sc3ccccc3)cc2)ccc1O. The molecule has 9 heteroatoms. The standard InChI is InChI=1S/C24H28N2O5S2/c1-33(30,31)26-22-14-18(9-12-23(22)28)24(29)15-25-19(16-27)13-17-7-10-21(11-8-17)32-20-5-3-2-4-6-20/h2-12,14,19,24-29H,13,15-16H2,1H3/t19-,24?/m0/s1. The lowest BCUT2D eigenvalue weighted by Crippen LogP contribution is -2.37. The van der Waals surface area contributed by atoms with Gasteiger partial charge in [-0.3, -0.25) is 4.72 Å². The summed E-state index contributed by atoms with van der Waals surface area (Å²) < 4.78 is 25.1. The zero-order valence-electron chi connectivity index (χ0n) is 18.2. The molecule has 0 saturated heterocycles. The summed E-state index contributed by atoms with van der Waals surface area (Å²) in [6, 6.07) is 22.2. The number of rotatable bonds is 11. The number of phenolic OH excluding ortho intramolecular Hbond substituents is 1. The number of hydrogen-bond donors (Lipinski definition) is 5. The molecular weight excluding hydrogens is 460 g/mol. The van der Waals surface area contributed by atoms with E-state index in [1.807, 2.05) is 42.5 Å². The third kappa shape index (κ3) is 8.06. The van der Waals surface area contributed by atoms with E-state index in [0.717, 1.165) is 16.7 Å². The number of phenols is 1. The number of anilines is 1. The van der Waals surface area contributed by atoms with Crippen molar-refractivity contribution in [2.24, 2.45) is 0 Å². The van der Waals surface area contributed by atoms with E-state index in [-0.39, 0.29) is 30.6 Å². The maximum absolute atomic E-state index is 11.4. The van der Waals surface area contributed by atoms with Crippen molar-refractivity contribution < 1.29 is 23.7 Å². The van der Waals surface area contributed by atoms with Crippen LogP contribution in [-0.4, -0.2) is 49.2 Å². The minimum Gasteiger partial charge on any atom is -0.506 e. The first-order valence-electron chi connectivity index (χ1n) is 10.4. The van der Waals surface area contributed by atoms with Gasteiger partial charge in [-0.2, -0.15) is 0 Å². The molecule has 2 atom stereocenters. The molecule has 3 aromatic rings. The van der Waals surface area contributed by atoms with Gasteiger partial charge in [-0.25, -0.2) is 8.42 Å². The third-order valence-electron chi connectivity index (χ3n) is 4.91. The summed E-state index contributed by atoms with van der Waals surface area (Å²) in [6.07, 6.45) is 0.607. The van der Waals surface area contributed by atoms with Gasteiger partial charge in [0.15, 0.2) is 0 Å². The Kier molecular flexibility index (Phi) is 8.76. The second-order valence-corrected chi connectivity index (χ2v) is 10.6. The molecular formula is C24H28N2O5S2. The normalized spacial score (nSPS) is 13.4. The van der Waals surface area contributed by atoms with Crippen molar-refractivity contribution in [3.05, 3.63) is 83.9 Å². The molecule has 0 spiro atoms. The van der Waals surface area contributed by atoms with Crippen molar-refractivity contribution >= 4 is 27.5 Å². The molecule has 3 aromatic carbocycles. The Morgan fingerprint density at radius 3 is 2.27 bits per heavy atom. The molecule has 7 nitrogen and oxygen atoms in total. The van der Waals surface area contributed by atoms with Crippen LogP contribution in [-0.2, 0) is 16.4 Å². The maximum Gasteiger partial charge on any atom is 0.229 e. The fourth-order valence-electron chi connectivity index (χ4n) is 3.24. The fraction of sp³-hybridized carbons (Fsp3) is 0.250. The monoisotopic (exact) mass is 488 g/mol. The van der Waals surface area contributed by atoms with E-state index in [0.29, 0.717) is 12.0 Å². The van der Waals surface area contributed by atoms with Gasteiger partial charge in [0.2, 0.25) is 10.0 Å². The molecule has 5 N–H and O–H groups in total. The first kappa shape index (κ1) is 25.1. The van der Waals surface area contributed by atoms with Crippen LogP contribution in [0.1, 0.15) is 17.2 Å². The summed E-state index contributed by atoms with van der Waals surface area (Å²) in [5, 5.41) is 33.3. The number of aromatic hydroxyl groups is 1. The van der Waals surface area contributed by atoms with Crippen LogP contribution in [0.5, 0.6) is 5.75 Å². The van der Waals surface area contributed by atoms with E-state index in [2.05, 4.69) is 22.2 Å². The lowest BCUT2D eigenvalue weighted by Gasteiger charge is -2.20. The second kappa shape index (κ2) is 11.5. The highest BCUT2D eigenvalue weighted by molar-refractivity contribution is 7.99. The molecule has 0 fully saturated rings. The van der Waals surface area contributed by atoms with Crippen molar-refractivity contribution in [1.29, 1.82) is 0 Å².